The summed E-state index contributed by atoms with van der Waals surface area (Å²) in [7, 11) is 2.08. The number of hydrogen-bond donors (Lipinski definition) is 1. The van der Waals surface area contributed by atoms with Gasteiger partial charge >= 0.3 is 0 Å². The van der Waals surface area contributed by atoms with Crippen LogP contribution in [0.1, 0.15) is 48.0 Å². The number of hydrogen-bond acceptors (Lipinski definition) is 6. The molecule has 3 aliphatic rings. The van der Waals surface area contributed by atoms with E-state index in [0.717, 1.165) is 25.2 Å². The summed E-state index contributed by atoms with van der Waals surface area (Å²) in [4.78, 5) is 38.3. The van der Waals surface area contributed by atoms with Crippen molar-refractivity contribution in [3.63, 3.8) is 0 Å². The van der Waals surface area contributed by atoms with E-state index in [1.54, 1.807) is 13.1 Å². The van der Waals surface area contributed by atoms with E-state index in [0.29, 0.717) is 19.0 Å². The van der Waals surface area contributed by atoms with E-state index in [1.165, 1.54) is 6.26 Å². The van der Waals surface area contributed by atoms with Gasteiger partial charge in [-0.15, -0.1) is 0 Å². The molecule has 1 unspecified atom stereocenters. The first kappa shape index (κ1) is 18.4. The number of carbonyl (C=O) groups excluding carboxylic acids is 2. The van der Waals surface area contributed by atoms with Gasteiger partial charge in [0.05, 0.1) is 17.5 Å². The number of oxazole rings is 1. The number of imidazole rings is 1. The summed E-state index contributed by atoms with van der Waals surface area (Å²) in [6.45, 7) is 6.13. The minimum Gasteiger partial charge on any atom is -0.448 e. The molecule has 2 amide bonds. The summed E-state index contributed by atoms with van der Waals surface area (Å²) < 4.78 is 7.28. The van der Waals surface area contributed by atoms with Crippen LogP contribution < -0.4 is 5.32 Å². The molecule has 29 heavy (non-hydrogen) atoms. The Kier molecular flexibility index (Phi) is 4.06. The lowest BCUT2D eigenvalue weighted by Crippen LogP contribution is -2.64. The molecule has 2 aromatic rings. The first-order valence-corrected chi connectivity index (χ1v) is 10.1. The van der Waals surface area contributed by atoms with Crippen LogP contribution in [0.5, 0.6) is 0 Å². The minimum absolute atomic E-state index is 0.0758. The predicted molar refractivity (Wildman–Crippen MR) is 103 cm³/mol. The Morgan fingerprint density at radius 3 is 2.79 bits per heavy atom. The zero-order chi connectivity index (χ0) is 20.3. The highest BCUT2D eigenvalue weighted by molar-refractivity contribution is 5.92. The van der Waals surface area contributed by atoms with Crippen molar-refractivity contribution in [3.8, 4) is 0 Å². The molecule has 154 valence electrons. The van der Waals surface area contributed by atoms with E-state index in [4.69, 9.17) is 4.42 Å². The van der Waals surface area contributed by atoms with E-state index < -0.39 is 0 Å². The van der Waals surface area contributed by atoms with E-state index in [-0.39, 0.29) is 41.0 Å². The second kappa shape index (κ2) is 6.41. The molecular formula is C20H26N6O3. The van der Waals surface area contributed by atoms with Crippen molar-refractivity contribution >= 4 is 11.8 Å². The Morgan fingerprint density at radius 2 is 2.14 bits per heavy atom. The lowest BCUT2D eigenvalue weighted by Gasteiger charge is -2.50. The fraction of sp³-hybridized carbons (Fsp3) is 0.600. The Bertz CT molecular complexity index is 959. The van der Waals surface area contributed by atoms with E-state index in [1.807, 2.05) is 11.1 Å². The maximum atomic E-state index is 13.0. The Balaban J connectivity index is 1.28. The topological polar surface area (TPSA) is 96.5 Å². The van der Waals surface area contributed by atoms with Crippen LogP contribution >= 0.6 is 0 Å². The molecule has 0 aliphatic carbocycles. The van der Waals surface area contributed by atoms with Gasteiger partial charge in [-0.3, -0.25) is 9.59 Å². The molecule has 0 radical (unpaired) electrons. The van der Waals surface area contributed by atoms with Gasteiger partial charge in [-0.25, -0.2) is 9.97 Å². The summed E-state index contributed by atoms with van der Waals surface area (Å²) in [5, 5.41) is 3.03. The van der Waals surface area contributed by atoms with Crippen molar-refractivity contribution in [2.24, 2.45) is 5.92 Å². The third-order valence-electron chi connectivity index (χ3n) is 6.90. The van der Waals surface area contributed by atoms with Crippen molar-refractivity contribution in [2.75, 3.05) is 26.7 Å². The fourth-order valence-corrected chi connectivity index (χ4v) is 5.12. The molecule has 5 rings (SSSR count). The summed E-state index contributed by atoms with van der Waals surface area (Å²) >= 11 is 0. The molecule has 2 aromatic heterocycles. The third-order valence-corrected chi connectivity index (χ3v) is 6.90. The molecular weight excluding hydrogens is 372 g/mol. The number of fused-ring (bicyclic) bond motifs is 2. The van der Waals surface area contributed by atoms with Crippen LogP contribution in [0.2, 0.25) is 0 Å². The van der Waals surface area contributed by atoms with Crippen LogP contribution in [0.4, 0.5) is 0 Å². The average molecular weight is 398 g/mol. The average Bonchev–Trinajstić information content (AvgIpc) is 3.41. The molecule has 5 heterocycles. The maximum Gasteiger partial charge on any atom is 0.273 e. The van der Waals surface area contributed by atoms with Gasteiger partial charge in [-0.05, 0) is 26.9 Å². The van der Waals surface area contributed by atoms with Gasteiger partial charge in [-0.2, -0.15) is 0 Å². The number of aromatic nitrogens is 3. The maximum absolute atomic E-state index is 13.0. The van der Waals surface area contributed by atoms with Gasteiger partial charge in [0, 0.05) is 44.9 Å². The molecule has 1 N–H and O–H groups in total. The van der Waals surface area contributed by atoms with Crippen LogP contribution in [0, 0.1) is 12.8 Å². The van der Waals surface area contributed by atoms with Crippen molar-refractivity contribution in [2.45, 2.75) is 44.3 Å². The molecule has 2 saturated heterocycles. The van der Waals surface area contributed by atoms with Crippen LogP contribution in [-0.2, 0) is 10.3 Å². The highest BCUT2D eigenvalue weighted by Gasteiger charge is 2.55. The summed E-state index contributed by atoms with van der Waals surface area (Å²) in [5.74, 6) is 1.35. The number of nitrogens with zero attached hydrogens (tertiary/aromatic N) is 5. The van der Waals surface area contributed by atoms with Crippen LogP contribution in [0.3, 0.4) is 0 Å². The first-order valence-electron chi connectivity index (χ1n) is 10.1. The molecule has 0 aromatic carbocycles. The molecule has 2 fully saturated rings. The first-order chi connectivity index (χ1) is 13.9. The zero-order valence-corrected chi connectivity index (χ0v) is 17.0. The van der Waals surface area contributed by atoms with Gasteiger partial charge in [0.15, 0.2) is 11.6 Å². The summed E-state index contributed by atoms with van der Waals surface area (Å²) in [5.41, 5.74) is 0.0822. The summed E-state index contributed by atoms with van der Waals surface area (Å²) in [6.07, 6.45) is 6.73. The number of likely N-dealkylation sites (tertiary alicyclic amines) is 2. The van der Waals surface area contributed by atoms with Crippen LogP contribution in [0.25, 0.3) is 0 Å². The second-order valence-corrected chi connectivity index (χ2v) is 8.67. The standard InChI is InChI=1S/C20H26N6O3/c1-12-14(4-6-24(12)3)19(28)25-10-20(11-25)8-15(17-21-5-7-26(17)20)23-18(27)16-9-29-13(2)22-16/h5,7,9,12,14-15H,4,6,8,10-11H2,1-3H3,(H,23,27)/t12-,14-,15?/m1/s1. The monoisotopic (exact) mass is 398 g/mol. The molecule has 3 aliphatic heterocycles. The van der Waals surface area contributed by atoms with E-state index in [2.05, 4.69) is 38.7 Å². The molecule has 0 saturated carbocycles. The van der Waals surface area contributed by atoms with Gasteiger partial charge in [0.2, 0.25) is 5.91 Å². The van der Waals surface area contributed by atoms with Crippen molar-refractivity contribution < 1.29 is 14.0 Å². The Morgan fingerprint density at radius 1 is 1.34 bits per heavy atom. The van der Waals surface area contributed by atoms with Crippen LogP contribution in [-0.4, -0.2) is 68.9 Å². The van der Waals surface area contributed by atoms with Crippen molar-refractivity contribution in [1.82, 2.24) is 29.7 Å². The molecule has 9 heteroatoms. The number of aryl methyl sites for hydroxylation is 1. The quantitative estimate of drug-likeness (QED) is 0.826. The highest BCUT2D eigenvalue weighted by Crippen LogP contribution is 2.45. The largest absolute Gasteiger partial charge is 0.448 e. The molecule has 9 nitrogen and oxygen atoms in total. The minimum atomic E-state index is -0.270. The molecule has 0 bridgehead atoms. The third kappa shape index (κ3) is 2.78. The van der Waals surface area contributed by atoms with Gasteiger partial charge in [0.25, 0.3) is 5.91 Å². The van der Waals surface area contributed by atoms with Gasteiger partial charge in [0.1, 0.15) is 12.1 Å². The lowest BCUT2D eigenvalue weighted by molar-refractivity contribution is -0.147. The zero-order valence-electron chi connectivity index (χ0n) is 17.0. The normalized spacial score (nSPS) is 27.8. The fourth-order valence-electron chi connectivity index (χ4n) is 5.12. The molecule has 3 atom stereocenters. The SMILES string of the molecule is Cc1nc(C(=O)NC2CC3(CN(C(=O)[C@@H]4CCN(C)[C@@H]4C)C3)n3ccnc32)co1. The predicted octanol–water partition coefficient (Wildman–Crippen LogP) is 0.932. The van der Waals surface area contributed by atoms with Crippen LogP contribution in [0.15, 0.2) is 23.1 Å². The number of nitrogens with one attached hydrogen (secondary N) is 1. The van der Waals surface area contributed by atoms with E-state index >= 15 is 0 Å². The smallest absolute Gasteiger partial charge is 0.273 e. The Labute approximate surface area is 169 Å². The lowest BCUT2D eigenvalue weighted by atomic mass is 9.84. The number of amides is 2. The van der Waals surface area contributed by atoms with Crippen molar-refractivity contribution in [1.29, 1.82) is 0 Å². The van der Waals surface area contributed by atoms with E-state index in [9.17, 15) is 9.59 Å². The second-order valence-electron chi connectivity index (χ2n) is 8.67. The summed E-state index contributed by atoms with van der Waals surface area (Å²) in [6, 6.07) is 0.0766. The van der Waals surface area contributed by atoms with Gasteiger partial charge < -0.3 is 24.1 Å². The Hall–Kier alpha value is -2.68. The highest BCUT2D eigenvalue weighted by atomic mass is 16.3. The number of rotatable bonds is 3. The van der Waals surface area contributed by atoms with Gasteiger partial charge in [-0.1, -0.05) is 0 Å². The van der Waals surface area contributed by atoms with Crippen molar-refractivity contribution in [3.05, 3.63) is 36.1 Å². The molecule has 1 spiro atoms. The number of carbonyl (C=O) groups is 2.